The van der Waals surface area contributed by atoms with E-state index >= 15 is 0 Å². The van der Waals surface area contributed by atoms with Crippen LogP contribution in [0.1, 0.15) is 44.9 Å². The third kappa shape index (κ3) is 8.55. The van der Waals surface area contributed by atoms with Crippen molar-refractivity contribution >= 4 is 11.9 Å². The van der Waals surface area contributed by atoms with Crippen LogP contribution in [0.25, 0.3) is 0 Å². The number of likely N-dealkylation sites (tertiary alicyclic amines) is 2. The zero-order valence-corrected chi connectivity index (χ0v) is 16.8. The number of carboxylic acids is 2. The normalized spacial score (nSPS) is 22.5. The predicted molar refractivity (Wildman–Crippen MR) is 101 cm³/mol. The Morgan fingerprint density at radius 2 is 1.00 bits per heavy atom. The summed E-state index contributed by atoms with van der Waals surface area (Å²) in [6.07, 6.45) is 5.69. The smallest absolute Gasteiger partial charge is 0.335 e. The lowest BCUT2D eigenvalue weighted by atomic mass is 10.2. The van der Waals surface area contributed by atoms with Crippen LogP contribution < -0.4 is 0 Å². The second-order valence-corrected chi connectivity index (χ2v) is 8.62. The van der Waals surface area contributed by atoms with Gasteiger partial charge in [-0.2, -0.15) is 0 Å². The minimum absolute atomic E-state index is 1.37. The van der Waals surface area contributed by atoms with Gasteiger partial charge in [-0.05, 0) is 19.3 Å². The minimum atomic E-state index is -2.27. The molecule has 4 N–H and O–H groups in total. The van der Waals surface area contributed by atoms with E-state index in [1.165, 1.54) is 93.2 Å². The van der Waals surface area contributed by atoms with E-state index in [0.717, 1.165) is 0 Å². The molecule has 2 aliphatic rings. The first kappa shape index (κ1) is 23.8. The summed E-state index contributed by atoms with van der Waals surface area (Å²) < 4.78 is 2.73. The Bertz CT molecular complexity index is 431. The van der Waals surface area contributed by atoms with Gasteiger partial charge < -0.3 is 29.4 Å². The molecule has 0 aromatic rings. The molecule has 2 heterocycles. The summed E-state index contributed by atoms with van der Waals surface area (Å²) in [6.45, 7) is 8.62. The second kappa shape index (κ2) is 10.9. The lowest BCUT2D eigenvalue weighted by Crippen LogP contribution is -2.42. The van der Waals surface area contributed by atoms with Gasteiger partial charge in [-0.1, -0.05) is 0 Å². The number of rotatable bonds is 9. The summed E-state index contributed by atoms with van der Waals surface area (Å²) in [7, 11) is 4.92. The number of hydrogen-bond acceptors (Lipinski definition) is 4. The van der Waals surface area contributed by atoms with Crippen LogP contribution in [0.15, 0.2) is 0 Å². The molecule has 2 rings (SSSR count). The molecular weight excluding hydrogens is 352 g/mol. The molecule has 0 aromatic carbocycles. The van der Waals surface area contributed by atoms with E-state index in [0.29, 0.717) is 0 Å². The average molecular weight is 391 g/mol. The summed E-state index contributed by atoms with van der Waals surface area (Å²) in [5, 5.41) is 32.5. The van der Waals surface area contributed by atoms with Gasteiger partial charge in [0.05, 0.1) is 53.4 Å². The predicted octanol–water partition coefficient (Wildman–Crippen LogP) is 0.515. The van der Waals surface area contributed by atoms with Crippen molar-refractivity contribution in [1.29, 1.82) is 0 Å². The number of carboxylic acid groups (broad SMARTS) is 2. The first-order valence-corrected chi connectivity index (χ1v) is 10.1. The average Bonchev–Trinajstić information content (AvgIpc) is 3.23. The molecule has 0 aromatic heterocycles. The maximum absolute atomic E-state index is 9.77. The quantitative estimate of drug-likeness (QED) is 0.337. The third-order valence-corrected chi connectivity index (χ3v) is 5.99. The lowest BCUT2D eigenvalue weighted by Gasteiger charge is -2.30. The van der Waals surface area contributed by atoms with Gasteiger partial charge in [0.25, 0.3) is 0 Å². The first-order chi connectivity index (χ1) is 12.6. The lowest BCUT2D eigenvalue weighted by molar-refractivity contribution is -0.899. The molecule has 0 radical (unpaired) electrons. The number of unbranched alkanes of at least 4 members (excludes halogenated alkanes) is 2. The van der Waals surface area contributed by atoms with Gasteiger partial charge >= 0.3 is 11.9 Å². The highest BCUT2D eigenvalue weighted by Gasteiger charge is 2.29. The molecule has 2 atom stereocenters. The van der Waals surface area contributed by atoms with Crippen LogP contribution in [0.2, 0.25) is 0 Å². The Labute approximate surface area is 162 Å². The summed E-state index contributed by atoms with van der Waals surface area (Å²) in [4.78, 5) is 19.5. The van der Waals surface area contributed by atoms with Crippen LogP contribution in [0, 0.1) is 0 Å². The largest absolute Gasteiger partial charge is 0.479 e. The van der Waals surface area contributed by atoms with Gasteiger partial charge in [0, 0.05) is 25.7 Å². The van der Waals surface area contributed by atoms with Crippen LogP contribution in [-0.4, -0.2) is 107 Å². The molecule has 2 aliphatic heterocycles. The molecule has 2 saturated heterocycles. The standard InChI is InChI=1S/C15H32N2.C4H6O6/c1-16(12-6-7-13-16)10-4-3-5-11-17(2)14-8-9-15-17;5-1(3(7)8)2(6)4(9)10/h3-15H2,1-2H3;1-2,5-6H,(H,7,8)(H,9,10)/q+2;/t;1-,2-/m.1/s1. The van der Waals surface area contributed by atoms with Crippen molar-refractivity contribution in [3.05, 3.63) is 0 Å². The van der Waals surface area contributed by atoms with Crippen molar-refractivity contribution in [2.75, 3.05) is 53.4 Å². The molecule has 158 valence electrons. The SMILES string of the molecule is C[N+]1(CCCCC[N+]2(C)CCCC2)CCCC1.O=C(O)[C@H](O)[C@@H](O)C(=O)O. The fraction of sp³-hybridized carbons (Fsp3) is 0.895. The Balaban J connectivity index is 0.000000314. The topological polar surface area (TPSA) is 115 Å². The zero-order valence-electron chi connectivity index (χ0n) is 16.8. The highest BCUT2D eigenvalue weighted by atomic mass is 16.4. The summed E-state index contributed by atoms with van der Waals surface area (Å²) >= 11 is 0. The van der Waals surface area contributed by atoms with Crippen molar-refractivity contribution in [2.45, 2.75) is 57.2 Å². The third-order valence-electron chi connectivity index (χ3n) is 5.99. The zero-order chi connectivity index (χ0) is 20.5. The Kier molecular flexibility index (Phi) is 9.66. The van der Waals surface area contributed by atoms with E-state index in [4.69, 9.17) is 20.4 Å². The van der Waals surface area contributed by atoms with E-state index in [9.17, 15) is 9.59 Å². The Hall–Kier alpha value is -1.22. The number of aliphatic hydroxyl groups excluding tert-OH is 2. The number of aliphatic hydroxyl groups is 2. The van der Waals surface area contributed by atoms with E-state index < -0.39 is 24.1 Å². The van der Waals surface area contributed by atoms with Crippen LogP contribution in [-0.2, 0) is 9.59 Å². The number of quaternary nitrogens is 2. The summed E-state index contributed by atoms with van der Waals surface area (Å²) in [5.74, 6) is -3.54. The highest BCUT2D eigenvalue weighted by molar-refractivity contribution is 5.83. The second-order valence-electron chi connectivity index (χ2n) is 8.62. The molecule has 0 aliphatic carbocycles. The highest BCUT2D eigenvalue weighted by Crippen LogP contribution is 2.20. The molecule has 0 amide bonds. The van der Waals surface area contributed by atoms with Gasteiger partial charge in [0.1, 0.15) is 0 Å². The van der Waals surface area contributed by atoms with Gasteiger partial charge in [0.15, 0.2) is 12.2 Å². The monoisotopic (exact) mass is 390 g/mol. The van der Waals surface area contributed by atoms with Crippen LogP contribution in [0.3, 0.4) is 0 Å². The number of aliphatic carboxylic acids is 2. The molecule has 27 heavy (non-hydrogen) atoms. The van der Waals surface area contributed by atoms with Crippen LogP contribution in [0.4, 0.5) is 0 Å². The van der Waals surface area contributed by atoms with Crippen molar-refractivity contribution < 1.29 is 39.0 Å². The summed E-state index contributed by atoms with van der Waals surface area (Å²) in [6, 6.07) is 0. The van der Waals surface area contributed by atoms with Crippen molar-refractivity contribution in [1.82, 2.24) is 0 Å². The fourth-order valence-electron chi connectivity index (χ4n) is 4.08. The molecule has 2 fully saturated rings. The Morgan fingerprint density at radius 3 is 1.26 bits per heavy atom. The number of nitrogens with zero attached hydrogens (tertiary/aromatic N) is 2. The van der Waals surface area contributed by atoms with Crippen molar-refractivity contribution in [2.24, 2.45) is 0 Å². The van der Waals surface area contributed by atoms with Gasteiger partial charge in [0.2, 0.25) is 0 Å². The van der Waals surface area contributed by atoms with Gasteiger partial charge in [-0.3, -0.25) is 0 Å². The minimum Gasteiger partial charge on any atom is -0.479 e. The molecule has 8 nitrogen and oxygen atoms in total. The maximum atomic E-state index is 9.77. The molecule has 0 spiro atoms. The maximum Gasteiger partial charge on any atom is 0.335 e. The van der Waals surface area contributed by atoms with Crippen molar-refractivity contribution in [3.8, 4) is 0 Å². The van der Waals surface area contributed by atoms with E-state index in [1.54, 1.807) is 0 Å². The fourth-order valence-corrected chi connectivity index (χ4v) is 4.08. The van der Waals surface area contributed by atoms with E-state index in [1.807, 2.05) is 0 Å². The molecule has 0 bridgehead atoms. The van der Waals surface area contributed by atoms with Gasteiger partial charge in [-0.25, -0.2) is 9.59 Å². The molecule has 0 unspecified atom stereocenters. The summed E-state index contributed by atoms with van der Waals surface area (Å²) in [5.41, 5.74) is 0. The Morgan fingerprint density at radius 1 is 0.704 bits per heavy atom. The molecule has 0 saturated carbocycles. The van der Waals surface area contributed by atoms with E-state index in [2.05, 4.69) is 14.1 Å². The number of hydrogen-bond donors (Lipinski definition) is 4. The van der Waals surface area contributed by atoms with Crippen molar-refractivity contribution in [3.63, 3.8) is 0 Å². The van der Waals surface area contributed by atoms with Crippen LogP contribution in [0.5, 0.6) is 0 Å². The van der Waals surface area contributed by atoms with Gasteiger partial charge in [-0.15, -0.1) is 0 Å². The van der Waals surface area contributed by atoms with Crippen LogP contribution >= 0.6 is 0 Å². The first-order valence-electron chi connectivity index (χ1n) is 10.1. The number of carbonyl (C=O) groups is 2. The molecular formula is C19H38N2O6+2. The molecule has 8 heteroatoms. The van der Waals surface area contributed by atoms with E-state index in [-0.39, 0.29) is 0 Å².